The highest BCUT2D eigenvalue weighted by atomic mass is 35.5. The van der Waals surface area contributed by atoms with Crippen LogP contribution >= 0.6 is 0 Å². The second kappa shape index (κ2) is 8.40. The zero-order valence-corrected chi connectivity index (χ0v) is 13.5. The number of rotatable bonds is 5. The number of halogens is 1. The first kappa shape index (κ1) is 18.8. The number of non-ortho nitro benzene ring substituents is 1. The average Bonchev–Trinajstić information content (AvgIpc) is 2.59. The molecular weight excluding hydrogens is 338 g/mol. The van der Waals surface area contributed by atoms with Gasteiger partial charge in [0.15, 0.2) is 10.7 Å². The van der Waals surface area contributed by atoms with Crippen molar-refractivity contribution in [3.63, 3.8) is 0 Å². The molecule has 0 atom stereocenters. The van der Waals surface area contributed by atoms with E-state index < -0.39 is 4.92 Å². The van der Waals surface area contributed by atoms with Gasteiger partial charge in [0.05, 0.1) is 30.9 Å². The molecule has 0 saturated carbocycles. The van der Waals surface area contributed by atoms with Crippen molar-refractivity contribution in [3.8, 4) is 11.5 Å². The van der Waals surface area contributed by atoms with E-state index in [4.69, 9.17) is 14.9 Å². The predicted molar refractivity (Wildman–Crippen MR) is 81.6 cm³/mol. The number of ether oxygens (including phenoxy) is 2. The van der Waals surface area contributed by atoms with Gasteiger partial charge in [-0.25, -0.2) is 0 Å². The molecule has 0 unspecified atom stereocenters. The molecule has 0 saturated heterocycles. The SMILES string of the molecule is COc1cc([N+]#N)c(OC)cc1/N=N/c1ccc([N+](=O)[O-])cc1.[Cl-]. The quantitative estimate of drug-likeness (QED) is 0.351. The van der Waals surface area contributed by atoms with Crippen LogP contribution in [0.3, 0.4) is 0 Å². The van der Waals surface area contributed by atoms with E-state index in [1.54, 1.807) is 0 Å². The molecule has 2 aromatic rings. The molecule has 0 spiro atoms. The molecule has 124 valence electrons. The Bertz CT molecular complexity index is 802. The van der Waals surface area contributed by atoms with Crippen LogP contribution in [0.1, 0.15) is 0 Å². The third-order valence-corrected chi connectivity index (χ3v) is 2.92. The number of nitro benzene ring substituents is 1. The summed E-state index contributed by atoms with van der Waals surface area (Å²) in [6, 6.07) is 8.57. The number of diazo groups is 1. The highest BCUT2D eigenvalue weighted by molar-refractivity contribution is 5.69. The maximum absolute atomic E-state index is 10.6. The van der Waals surface area contributed by atoms with Crippen LogP contribution in [0.5, 0.6) is 11.5 Å². The summed E-state index contributed by atoms with van der Waals surface area (Å²) in [6.45, 7) is 0. The maximum Gasteiger partial charge on any atom is 0.430 e. The van der Waals surface area contributed by atoms with Crippen molar-refractivity contribution in [2.24, 2.45) is 10.2 Å². The zero-order chi connectivity index (χ0) is 16.8. The van der Waals surface area contributed by atoms with Crippen LogP contribution in [0.4, 0.5) is 22.7 Å². The minimum atomic E-state index is -0.494. The number of azo groups is 1. The minimum absolute atomic E-state index is 0. The maximum atomic E-state index is 10.6. The standard InChI is InChI=1S/C14H12N5O4.ClH/c1-22-13-8-12(14(23-2)7-11(13)16-15)18-17-9-3-5-10(6-4-9)19(20)21;/h3-8H,1-2H3;1H/q+1;/p-1/b18-17+;. The van der Waals surface area contributed by atoms with Gasteiger partial charge in [0.2, 0.25) is 11.1 Å². The Morgan fingerprint density at radius 1 is 1.08 bits per heavy atom. The Morgan fingerprint density at radius 2 is 1.71 bits per heavy atom. The lowest BCUT2D eigenvalue weighted by Gasteiger charge is -2.04. The van der Waals surface area contributed by atoms with Gasteiger partial charge in [0.1, 0.15) is 5.69 Å². The van der Waals surface area contributed by atoms with Crippen molar-refractivity contribution >= 4 is 22.7 Å². The van der Waals surface area contributed by atoms with E-state index in [2.05, 4.69) is 15.2 Å². The molecule has 0 bridgehead atoms. The third-order valence-electron chi connectivity index (χ3n) is 2.92. The van der Waals surface area contributed by atoms with Crippen molar-refractivity contribution < 1.29 is 26.8 Å². The normalized spacial score (nSPS) is 9.88. The fourth-order valence-electron chi connectivity index (χ4n) is 1.77. The molecule has 0 aliphatic carbocycles. The van der Waals surface area contributed by atoms with Crippen LogP contribution < -0.4 is 21.9 Å². The van der Waals surface area contributed by atoms with E-state index in [1.165, 1.54) is 50.6 Å². The van der Waals surface area contributed by atoms with Gasteiger partial charge < -0.3 is 21.9 Å². The summed E-state index contributed by atoms with van der Waals surface area (Å²) in [5, 5.41) is 27.5. The molecule has 24 heavy (non-hydrogen) atoms. The molecule has 0 radical (unpaired) electrons. The van der Waals surface area contributed by atoms with Crippen molar-refractivity contribution in [2.45, 2.75) is 0 Å². The molecular formula is C14H12ClN5O4. The topological polar surface area (TPSA) is 114 Å². The summed E-state index contributed by atoms with van der Waals surface area (Å²) in [5.74, 6) is 0.634. The van der Waals surface area contributed by atoms with E-state index in [0.29, 0.717) is 22.9 Å². The van der Waals surface area contributed by atoms with Crippen molar-refractivity contribution in [3.05, 3.63) is 51.5 Å². The number of hydrogen-bond acceptors (Lipinski definition) is 7. The molecule has 2 rings (SSSR count). The Morgan fingerprint density at radius 3 is 2.21 bits per heavy atom. The van der Waals surface area contributed by atoms with Crippen LogP contribution in [0.15, 0.2) is 46.6 Å². The van der Waals surface area contributed by atoms with Gasteiger partial charge in [-0.2, -0.15) is 5.11 Å². The summed E-state index contributed by atoms with van der Waals surface area (Å²) in [4.78, 5) is 13.2. The molecule has 0 aliphatic rings. The van der Waals surface area contributed by atoms with E-state index in [9.17, 15) is 10.1 Å². The second-order valence-electron chi connectivity index (χ2n) is 4.27. The molecule has 0 aromatic heterocycles. The van der Waals surface area contributed by atoms with Gasteiger partial charge in [-0.15, -0.1) is 5.11 Å². The van der Waals surface area contributed by atoms with E-state index >= 15 is 0 Å². The molecule has 0 amide bonds. The molecule has 0 N–H and O–H groups in total. The third kappa shape index (κ3) is 4.15. The highest BCUT2D eigenvalue weighted by Crippen LogP contribution is 2.40. The van der Waals surface area contributed by atoms with Gasteiger partial charge in [-0.1, -0.05) is 0 Å². The first-order chi connectivity index (χ1) is 11.1. The van der Waals surface area contributed by atoms with Crippen LogP contribution in [0, 0.1) is 15.5 Å². The van der Waals surface area contributed by atoms with Gasteiger partial charge in [0, 0.05) is 18.2 Å². The number of nitro groups is 1. The lowest BCUT2D eigenvalue weighted by Crippen LogP contribution is -3.00. The van der Waals surface area contributed by atoms with Gasteiger partial charge in [-0.05, 0) is 12.1 Å². The Balaban J connectivity index is 0.00000288. The van der Waals surface area contributed by atoms with Gasteiger partial charge >= 0.3 is 5.69 Å². The second-order valence-corrected chi connectivity index (χ2v) is 4.27. The monoisotopic (exact) mass is 349 g/mol. The fraction of sp³-hybridized carbons (Fsp3) is 0.143. The highest BCUT2D eigenvalue weighted by Gasteiger charge is 2.20. The van der Waals surface area contributed by atoms with Crippen molar-refractivity contribution in [1.29, 1.82) is 5.39 Å². The van der Waals surface area contributed by atoms with Gasteiger partial charge in [0.25, 0.3) is 5.69 Å². The fourth-order valence-corrected chi connectivity index (χ4v) is 1.77. The van der Waals surface area contributed by atoms with Crippen molar-refractivity contribution in [2.75, 3.05) is 14.2 Å². The minimum Gasteiger partial charge on any atom is -1.00 e. The summed E-state index contributed by atoms with van der Waals surface area (Å²) in [7, 11) is 2.86. The summed E-state index contributed by atoms with van der Waals surface area (Å²) in [5.41, 5.74) is 0.957. The van der Waals surface area contributed by atoms with E-state index in [0.717, 1.165) is 0 Å². The van der Waals surface area contributed by atoms with Crippen LogP contribution in [-0.4, -0.2) is 19.1 Å². The van der Waals surface area contributed by atoms with Crippen LogP contribution in [-0.2, 0) is 0 Å². The lowest BCUT2D eigenvalue weighted by molar-refractivity contribution is -0.384. The zero-order valence-electron chi connectivity index (χ0n) is 12.7. The first-order valence-electron chi connectivity index (χ1n) is 6.36. The van der Waals surface area contributed by atoms with Gasteiger partial charge in [-0.3, -0.25) is 10.1 Å². The van der Waals surface area contributed by atoms with Crippen LogP contribution in [0.2, 0.25) is 0 Å². The predicted octanol–water partition coefficient (Wildman–Crippen LogP) is 1.52. The Kier molecular flexibility index (Phi) is 6.58. The first-order valence-corrected chi connectivity index (χ1v) is 6.36. The molecule has 0 aliphatic heterocycles. The summed E-state index contributed by atoms with van der Waals surface area (Å²) in [6.07, 6.45) is 0. The molecule has 9 nitrogen and oxygen atoms in total. The summed E-state index contributed by atoms with van der Waals surface area (Å²) < 4.78 is 10.2. The number of benzene rings is 2. The lowest BCUT2D eigenvalue weighted by atomic mass is 10.2. The smallest absolute Gasteiger partial charge is 0.430 e. The number of hydrogen-bond donors (Lipinski definition) is 0. The van der Waals surface area contributed by atoms with E-state index in [-0.39, 0.29) is 23.8 Å². The largest absolute Gasteiger partial charge is 1.00 e. The Hall–Kier alpha value is -3.25. The molecule has 0 heterocycles. The molecule has 10 heteroatoms. The van der Waals surface area contributed by atoms with E-state index in [1.807, 2.05) is 0 Å². The summed E-state index contributed by atoms with van der Waals surface area (Å²) >= 11 is 0. The van der Waals surface area contributed by atoms with Crippen molar-refractivity contribution in [1.82, 2.24) is 0 Å². The van der Waals surface area contributed by atoms with Crippen LogP contribution in [0.25, 0.3) is 4.98 Å². The average molecular weight is 350 g/mol. The molecule has 2 aromatic carbocycles. The number of methoxy groups -OCH3 is 2. The Labute approximate surface area is 143 Å². The molecule has 0 fully saturated rings. The number of nitrogens with zero attached hydrogens (tertiary/aromatic N) is 5.